The van der Waals surface area contributed by atoms with Crippen LogP contribution < -0.4 is 10.6 Å². The summed E-state index contributed by atoms with van der Waals surface area (Å²) in [5.41, 5.74) is 5.13. The first kappa shape index (κ1) is 23.5. The number of hydrogen-bond donors (Lipinski definition) is 4. The topological polar surface area (TPSA) is 125 Å². The number of carbonyl (C=O) groups excluding carboxylic acids is 2. The molecule has 4 N–H and O–H groups in total. The molecule has 0 spiro atoms. The predicted octanol–water partition coefficient (Wildman–Crippen LogP) is 3.99. The maximum absolute atomic E-state index is 12.5. The van der Waals surface area contributed by atoms with E-state index in [4.69, 9.17) is 9.84 Å². The van der Waals surface area contributed by atoms with E-state index >= 15 is 0 Å². The number of aliphatic hydroxyl groups is 1. The van der Waals surface area contributed by atoms with Crippen molar-refractivity contribution in [3.05, 3.63) is 87.9 Å². The number of aliphatic carboxylic acids is 1. The van der Waals surface area contributed by atoms with Crippen LogP contribution >= 0.6 is 15.9 Å². The first-order valence-corrected chi connectivity index (χ1v) is 11.2. The van der Waals surface area contributed by atoms with Crippen LogP contribution in [0.4, 0.5) is 10.5 Å². The van der Waals surface area contributed by atoms with E-state index < -0.39 is 30.6 Å². The molecule has 0 saturated carbocycles. The van der Waals surface area contributed by atoms with Crippen LogP contribution in [0.15, 0.2) is 71.2 Å². The summed E-state index contributed by atoms with van der Waals surface area (Å²) >= 11 is 3.31. The molecule has 2 amide bonds. The molecule has 1 aliphatic carbocycles. The molecule has 4 rings (SSSR count). The fourth-order valence-electron chi connectivity index (χ4n) is 3.88. The highest BCUT2D eigenvalue weighted by molar-refractivity contribution is 9.10. The molecular weight excluding hydrogens is 504 g/mol. The van der Waals surface area contributed by atoms with Gasteiger partial charge < -0.3 is 20.3 Å². The molecule has 1 atom stereocenters. The Kier molecular flexibility index (Phi) is 6.95. The van der Waals surface area contributed by atoms with Gasteiger partial charge in [0.1, 0.15) is 6.61 Å². The summed E-state index contributed by atoms with van der Waals surface area (Å²) < 4.78 is 5.97. The fourth-order valence-corrected chi connectivity index (χ4v) is 4.36. The number of carbonyl (C=O) groups is 3. The van der Waals surface area contributed by atoms with Crippen LogP contribution in [0.2, 0.25) is 0 Å². The van der Waals surface area contributed by atoms with E-state index in [1.165, 1.54) is 18.2 Å². The molecule has 3 aromatic rings. The maximum Gasteiger partial charge on any atom is 0.411 e. The van der Waals surface area contributed by atoms with Gasteiger partial charge in [0.25, 0.3) is 5.91 Å². The lowest BCUT2D eigenvalue weighted by Gasteiger charge is -2.15. The van der Waals surface area contributed by atoms with E-state index in [0.29, 0.717) is 10.2 Å². The van der Waals surface area contributed by atoms with Crippen LogP contribution in [0, 0.1) is 0 Å². The summed E-state index contributed by atoms with van der Waals surface area (Å²) in [7, 11) is 0. The van der Waals surface area contributed by atoms with Crippen LogP contribution in [0.3, 0.4) is 0 Å². The standard InChI is InChI=1S/C25H21BrN2O6/c26-20-11-14(23(30)27-12-22(29)24(31)32)9-10-21(20)28-25(33)34-13-19-17-7-3-1-5-15(17)16-6-2-4-8-18(16)19/h1-11,19,22,29H,12-13H2,(H,27,30)(H,28,33)(H,31,32). The third-order valence-electron chi connectivity index (χ3n) is 5.55. The number of fused-ring (bicyclic) bond motifs is 3. The minimum atomic E-state index is -1.69. The van der Waals surface area contributed by atoms with Crippen molar-refractivity contribution >= 4 is 39.6 Å². The minimum Gasteiger partial charge on any atom is -0.479 e. The van der Waals surface area contributed by atoms with Crippen molar-refractivity contribution < 1.29 is 29.3 Å². The third-order valence-corrected chi connectivity index (χ3v) is 6.21. The van der Waals surface area contributed by atoms with Crippen molar-refractivity contribution in [1.82, 2.24) is 5.32 Å². The van der Waals surface area contributed by atoms with Crippen molar-refractivity contribution in [2.24, 2.45) is 0 Å². The smallest absolute Gasteiger partial charge is 0.411 e. The van der Waals surface area contributed by atoms with Gasteiger partial charge in [-0.1, -0.05) is 48.5 Å². The van der Waals surface area contributed by atoms with E-state index in [1.54, 1.807) is 0 Å². The van der Waals surface area contributed by atoms with Crippen molar-refractivity contribution in [3.8, 4) is 11.1 Å². The normalized spacial score (nSPS) is 12.9. The number of halogens is 1. The maximum atomic E-state index is 12.5. The molecule has 0 fully saturated rings. The van der Waals surface area contributed by atoms with Crippen LogP contribution in [-0.2, 0) is 9.53 Å². The molecule has 0 saturated heterocycles. The summed E-state index contributed by atoms with van der Waals surface area (Å²) in [6, 6.07) is 20.6. The first-order chi connectivity index (χ1) is 16.3. The second kappa shape index (κ2) is 10.1. The quantitative estimate of drug-likeness (QED) is 0.370. The number of carboxylic acid groups (broad SMARTS) is 1. The Morgan fingerprint density at radius 3 is 2.18 bits per heavy atom. The van der Waals surface area contributed by atoms with Crippen LogP contribution in [0.1, 0.15) is 27.4 Å². The van der Waals surface area contributed by atoms with Crippen molar-refractivity contribution in [1.29, 1.82) is 0 Å². The highest BCUT2D eigenvalue weighted by atomic mass is 79.9. The van der Waals surface area contributed by atoms with Crippen LogP contribution in [-0.4, -0.2) is 47.4 Å². The Hall–Kier alpha value is -3.69. The lowest BCUT2D eigenvalue weighted by atomic mass is 9.98. The van der Waals surface area contributed by atoms with Gasteiger partial charge in [-0.25, -0.2) is 9.59 Å². The number of aliphatic hydroxyl groups excluding tert-OH is 1. The molecule has 1 aliphatic rings. The zero-order valence-electron chi connectivity index (χ0n) is 17.8. The molecule has 1 unspecified atom stereocenters. The fraction of sp³-hybridized carbons (Fsp3) is 0.160. The number of anilines is 1. The van der Waals surface area contributed by atoms with Gasteiger partial charge in [0.15, 0.2) is 6.10 Å². The van der Waals surface area contributed by atoms with E-state index in [2.05, 4.69) is 38.7 Å². The van der Waals surface area contributed by atoms with Gasteiger partial charge in [0.05, 0.1) is 12.2 Å². The summed E-state index contributed by atoms with van der Waals surface area (Å²) in [6.07, 6.45) is -2.33. The number of nitrogens with one attached hydrogen (secondary N) is 2. The lowest BCUT2D eigenvalue weighted by Crippen LogP contribution is -2.36. The Morgan fingerprint density at radius 2 is 1.59 bits per heavy atom. The largest absolute Gasteiger partial charge is 0.479 e. The minimum absolute atomic E-state index is 0.0613. The molecule has 8 nitrogen and oxygen atoms in total. The number of benzene rings is 3. The van der Waals surface area contributed by atoms with E-state index in [0.717, 1.165) is 22.3 Å². The van der Waals surface area contributed by atoms with Gasteiger partial charge in [-0.15, -0.1) is 0 Å². The molecule has 0 radical (unpaired) electrons. The second-order valence-electron chi connectivity index (χ2n) is 7.71. The van der Waals surface area contributed by atoms with Crippen molar-refractivity contribution in [3.63, 3.8) is 0 Å². The van der Waals surface area contributed by atoms with Crippen molar-refractivity contribution in [2.75, 3.05) is 18.5 Å². The number of amides is 2. The number of rotatable bonds is 7. The Balaban J connectivity index is 1.37. The Labute approximate surface area is 203 Å². The average Bonchev–Trinajstić information content (AvgIpc) is 3.16. The van der Waals surface area contributed by atoms with Gasteiger partial charge in [0.2, 0.25) is 0 Å². The molecule has 0 heterocycles. The highest BCUT2D eigenvalue weighted by Crippen LogP contribution is 2.44. The predicted molar refractivity (Wildman–Crippen MR) is 129 cm³/mol. The molecule has 9 heteroatoms. The number of hydrogen-bond acceptors (Lipinski definition) is 5. The molecule has 34 heavy (non-hydrogen) atoms. The van der Waals surface area contributed by atoms with E-state index in [-0.39, 0.29) is 18.1 Å². The van der Waals surface area contributed by atoms with Gasteiger partial charge in [-0.3, -0.25) is 10.1 Å². The van der Waals surface area contributed by atoms with Gasteiger partial charge in [-0.05, 0) is 56.4 Å². The van der Waals surface area contributed by atoms with Crippen LogP contribution in [0.5, 0.6) is 0 Å². The Morgan fingerprint density at radius 1 is 0.971 bits per heavy atom. The molecule has 0 aromatic heterocycles. The molecule has 0 bridgehead atoms. The van der Waals surface area contributed by atoms with Gasteiger partial charge in [-0.2, -0.15) is 0 Å². The molecule has 3 aromatic carbocycles. The zero-order chi connectivity index (χ0) is 24.2. The average molecular weight is 525 g/mol. The summed E-state index contributed by atoms with van der Waals surface area (Å²) in [5, 5.41) is 22.9. The SMILES string of the molecule is O=C(Nc1ccc(C(=O)NCC(O)C(=O)O)cc1Br)OCC1c2ccccc2-c2ccccc21. The third kappa shape index (κ3) is 4.95. The van der Waals surface area contributed by atoms with Crippen molar-refractivity contribution in [2.45, 2.75) is 12.0 Å². The van der Waals surface area contributed by atoms with Gasteiger partial charge in [0, 0.05) is 16.0 Å². The molecule has 0 aliphatic heterocycles. The second-order valence-corrected chi connectivity index (χ2v) is 8.56. The van der Waals surface area contributed by atoms with E-state index in [9.17, 15) is 19.5 Å². The van der Waals surface area contributed by atoms with E-state index in [1.807, 2.05) is 36.4 Å². The first-order valence-electron chi connectivity index (χ1n) is 10.5. The van der Waals surface area contributed by atoms with Crippen LogP contribution in [0.25, 0.3) is 11.1 Å². The molecule has 174 valence electrons. The molecular formula is C25H21BrN2O6. The zero-order valence-corrected chi connectivity index (χ0v) is 19.4. The van der Waals surface area contributed by atoms with Gasteiger partial charge >= 0.3 is 12.1 Å². The number of carboxylic acids is 1. The summed E-state index contributed by atoms with van der Waals surface area (Å²) in [6.45, 7) is -0.255. The monoisotopic (exact) mass is 524 g/mol. The number of ether oxygens (including phenoxy) is 1. The summed E-state index contributed by atoms with van der Waals surface area (Å²) in [5.74, 6) is -2.05. The Bertz CT molecular complexity index is 1220. The summed E-state index contributed by atoms with van der Waals surface area (Å²) in [4.78, 5) is 35.3. The highest BCUT2D eigenvalue weighted by Gasteiger charge is 2.29. The lowest BCUT2D eigenvalue weighted by molar-refractivity contribution is -0.146.